The van der Waals surface area contributed by atoms with Crippen LogP contribution in [0.2, 0.25) is 5.02 Å². The summed E-state index contributed by atoms with van der Waals surface area (Å²) >= 11 is 6.13. The van der Waals surface area contributed by atoms with E-state index in [2.05, 4.69) is 5.10 Å². The van der Waals surface area contributed by atoms with Gasteiger partial charge in [-0.15, -0.1) is 0 Å². The lowest BCUT2D eigenvalue weighted by atomic mass is 10.1. The number of hydrogen-bond acceptors (Lipinski definition) is 2. The molecule has 5 heteroatoms. The number of hydrogen-bond donors (Lipinski definition) is 1. The summed E-state index contributed by atoms with van der Waals surface area (Å²) in [7, 11) is 0. The number of carbonyl (C=O) groups is 1. The molecule has 0 spiro atoms. The van der Waals surface area contributed by atoms with E-state index in [9.17, 15) is 4.79 Å². The van der Waals surface area contributed by atoms with Crippen molar-refractivity contribution in [1.82, 2.24) is 9.78 Å². The van der Waals surface area contributed by atoms with Crippen LogP contribution in [0.3, 0.4) is 0 Å². The maximum absolute atomic E-state index is 11.0. The molecule has 0 aliphatic heterocycles. The van der Waals surface area contributed by atoms with Crippen LogP contribution in [0.25, 0.3) is 0 Å². The third-order valence-electron chi connectivity index (χ3n) is 2.76. The second kappa shape index (κ2) is 4.82. The lowest BCUT2D eigenvalue weighted by Crippen LogP contribution is -2.11. The van der Waals surface area contributed by atoms with Crippen molar-refractivity contribution in [1.29, 1.82) is 0 Å². The summed E-state index contributed by atoms with van der Waals surface area (Å²) in [6, 6.07) is 7.07. The number of primary amides is 1. The average Bonchev–Trinajstić information content (AvgIpc) is 2.60. The van der Waals surface area contributed by atoms with Gasteiger partial charge in [0.1, 0.15) is 0 Å². The van der Waals surface area contributed by atoms with Gasteiger partial charge in [0.05, 0.1) is 12.2 Å². The van der Waals surface area contributed by atoms with E-state index >= 15 is 0 Å². The number of rotatable bonds is 3. The Labute approximate surface area is 110 Å². The summed E-state index contributed by atoms with van der Waals surface area (Å²) < 4.78 is 1.88. The highest BCUT2D eigenvalue weighted by molar-refractivity contribution is 6.31. The van der Waals surface area contributed by atoms with Crippen LogP contribution in [-0.2, 0) is 6.54 Å². The number of benzene rings is 1. The molecule has 0 unspecified atom stereocenters. The number of aromatic nitrogens is 2. The average molecular weight is 264 g/mol. The Morgan fingerprint density at radius 3 is 2.61 bits per heavy atom. The first kappa shape index (κ1) is 12.6. The molecule has 1 heterocycles. The van der Waals surface area contributed by atoms with E-state index < -0.39 is 5.91 Å². The van der Waals surface area contributed by atoms with Gasteiger partial charge in [-0.1, -0.05) is 17.7 Å². The van der Waals surface area contributed by atoms with Crippen molar-refractivity contribution in [2.45, 2.75) is 20.4 Å². The van der Waals surface area contributed by atoms with Crippen LogP contribution in [0.1, 0.15) is 27.3 Å². The summed E-state index contributed by atoms with van der Waals surface area (Å²) in [5.41, 5.74) is 8.56. The second-order valence-corrected chi connectivity index (χ2v) is 4.66. The maximum Gasteiger partial charge on any atom is 0.248 e. The SMILES string of the molecule is Cc1cc(C)n(Cc2ccc(C(N)=O)cc2Cl)n1. The lowest BCUT2D eigenvalue weighted by Gasteiger charge is -2.07. The molecule has 0 radical (unpaired) electrons. The van der Waals surface area contributed by atoms with E-state index in [1.54, 1.807) is 18.2 Å². The van der Waals surface area contributed by atoms with E-state index in [0.717, 1.165) is 17.0 Å². The van der Waals surface area contributed by atoms with Crippen LogP contribution in [0.5, 0.6) is 0 Å². The fourth-order valence-corrected chi connectivity index (χ4v) is 2.07. The van der Waals surface area contributed by atoms with Gasteiger partial charge < -0.3 is 5.73 Å². The minimum atomic E-state index is -0.477. The molecular weight excluding hydrogens is 250 g/mol. The molecule has 0 atom stereocenters. The van der Waals surface area contributed by atoms with E-state index in [0.29, 0.717) is 17.1 Å². The zero-order chi connectivity index (χ0) is 13.3. The normalized spacial score (nSPS) is 10.6. The van der Waals surface area contributed by atoms with Crippen LogP contribution in [0.15, 0.2) is 24.3 Å². The molecule has 0 saturated carbocycles. The van der Waals surface area contributed by atoms with Gasteiger partial charge in [-0.05, 0) is 37.6 Å². The molecule has 1 aromatic heterocycles. The number of halogens is 1. The maximum atomic E-state index is 11.0. The van der Waals surface area contributed by atoms with Crippen molar-refractivity contribution in [3.63, 3.8) is 0 Å². The van der Waals surface area contributed by atoms with Crippen molar-refractivity contribution in [2.75, 3.05) is 0 Å². The predicted molar refractivity (Wildman–Crippen MR) is 70.8 cm³/mol. The predicted octanol–water partition coefficient (Wildman–Crippen LogP) is 2.30. The summed E-state index contributed by atoms with van der Waals surface area (Å²) in [6.45, 7) is 4.52. The Morgan fingerprint density at radius 1 is 1.39 bits per heavy atom. The molecule has 94 valence electrons. The Bertz CT molecular complexity index is 604. The van der Waals surface area contributed by atoms with E-state index in [-0.39, 0.29) is 0 Å². The van der Waals surface area contributed by atoms with Gasteiger partial charge in [0.2, 0.25) is 5.91 Å². The molecule has 2 aromatic rings. The monoisotopic (exact) mass is 263 g/mol. The number of amides is 1. The molecule has 2 N–H and O–H groups in total. The molecule has 0 fully saturated rings. The molecule has 0 saturated heterocycles. The quantitative estimate of drug-likeness (QED) is 0.924. The van der Waals surface area contributed by atoms with Gasteiger partial charge in [-0.2, -0.15) is 5.10 Å². The summed E-state index contributed by atoms with van der Waals surface area (Å²) in [4.78, 5) is 11.0. The van der Waals surface area contributed by atoms with Crippen LogP contribution >= 0.6 is 11.6 Å². The number of nitrogens with two attached hydrogens (primary N) is 1. The Hall–Kier alpha value is -1.81. The van der Waals surface area contributed by atoms with Gasteiger partial charge in [0.25, 0.3) is 0 Å². The van der Waals surface area contributed by atoms with Gasteiger partial charge in [0.15, 0.2) is 0 Å². The minimum absolute atomic E-state index is 0.414. The van der Waals surface area contributed by atoms with Gasteiger partial charge in [0, 0.05) is 16.3 Å². The number of nitrogens with zero attached hydrogens (tertiary/aromatic N) is 2. The Morgan fingerprint density at radius 2 is 2.11 bits per heavy atom. The highest BCUT2D eigenvalue weighted by Crippen LogP contribution is 2.19. The van der Waals surface area contributed by atoms with Crippen molar-refractivity contribution in [2.24, 2.45) is 5.73 Å². The van der Waals surface area contributed by atoms with E-state index in [4.69, 9.17) is 17.3 Å². The molecule has 1 amide bonds. The molecule has 0 aliphatic rings. The van der Waals surface area contributed by atoms with Crippen molar-refractivity contribution in [3.8, 4) is 0 Å². The van der Waals surface area contributed by atoms with Gasteiger partial charge in [-0.25, -0.2) is 0 Å². The molecular formula is C13H14ClN3O. The highest BCUT2D eigenvalue weighted by Gasteiger charge is 2.08. The third kappa shape index (κ3) is 2.54. The fourth-order valence-electron chi connectivity index (χ4n) is 1.83. The molecule has 0 bridgehead atoms. The second-order valence-electron chi connectivity index (χ2n) is 4.26. The van der Waals surface area contributed by atoms with Crippen molar-refractivity contribution < 1.29 is 4.79 Å². The Balaban J connectivity index is 2.30. The summed E-state index contributed by atoms with van der Waals surface area (Å²) in [5, 5.41) is 4.90. The molecule has 4 nitrogen and oxygen atoms in total. The highest BCUT2D eigenvalue weighted by atomic mass is 35.5. The van der Waals surface area contributed by atoms with Crippen LogP contribution < -0.4 is 5.73 Å². The van der Waals surface area contributed by atoms with Crippen LogP contribution in [0, 0.1) is 13.8 Å². The zero-order valence-electron chi connectivity index (χ0n) is 10.3. The number of carbonyl (C=O) groups excluding carboxylic acids is 1. The largest absolute Gasteiger partial charge is 0.366 e. The summed E-state index contributed by atoms with van der Waals surface area (Å²) in [6.07, 6.45) is 0. The topological polar surface area (TPSA) is 60.9 Å². The third-order valence-corrected chi connectivity index (χ3v) is 3.11. The number of aryl methyl sites for hydroxylation is 2. The standard InChI is InChI=1S/C13H14ClN3O/c1-8-5-9(2)17(16-8)7-11-4-3-10(13(15)18)6-12(11)14/h3-6H,7H2,1-2H3,(H2,15,18). The zero-order valence-corrected chi connectivity index (χ0v) is 11.0. The van der Waals surface area contributed by atoms with Gasteiger partial charge in [-0.3, -0.25) is 9.48 Å². The first-order valence-corrected chi connectivity index (χ1v) is 5.94. The van der Waals surface area contributed by atoms with Crippen molar-refractivity contribution >= 4 is 17.5 Å². The van der Waals surface area contributed by atoms with Gasteiger partial charge >= 0.3 is 0 Å². The molecule has 18 heavy (non-hydrogen) atoms. The molecule has 2 rings (SSSR count). The van der Waals surface area contributed by atoms with E-state index in [1.807, 2.05) is 24.6 Å². The van der Waals surface area contributed by atoms with E-state index in [1.165, 1.54) is 0 Å². The first-order chi connectivity index (χ1) is 8.47. The Kier molecular flexibility index (Phi) is 3.39. The molecule has 1 aromatic carbocycles. The minimum Gasteiger partial charge on any atom is -0.366 e. The van der Waals surface area contributed by atoms with Crippen molar-refractivity contribution in [3.05, 3.63) is 51.8 Å². The first-order valence-electron chi connectivity index (χ1n) is 5.56. The van der Waals surface area contributed by atoms with Crippen LogP contribution in [0.4, 0.5) is 0 Å². The smallest absolute Gasteiger partial charge is 0.248 e. The lowest BCUT2D eigenvalue weighted by molar-refractivity contribution is 0.100. The van der Waals surface area contributed by atoms with Crippen LogP contribution in [-0.4, -0.2) is 15.7 Å². The fraction of sp³-hybridized carbons (Fsp3) is 0.231. The molecule has 0 aliphatic carbocycles. The summed E-state index contributed by atoms with van der Waals surface area (Å²) in [5.74, 6) is -0.477.